The second-order valence-electron chi connectivity index (χ2n) is 3.12. The largest absolute Gasteiger partial charge is 0.390 e. The lowest BCUT2D eigenvalue weighted by molar-refractivity contribution is -0.0713. The van der Waals surface area contributed by atoms with Crippen molar-refractivity contribution < 1.29 is 19.7 Å². The van der Waals surface area contributed by atoms with E-state index in [4.69, 9.17) is 9.47 Å². The molecule has 0 saturated carbocycles. The maximum Gasteiger partial charge on any atom is 0.101 e. The molecular weight excluding hydrogens is 172 g/mol. The van der Waals surface area contributed by atoms with E-state index in [0.29, 0.717) is 6.42 Å². The number of hydrogen-bond acceptors (Lipinski definition) is 4. The van der Waals surface area contributed by atoms with Gasteiger partial charge < -0.3 is 19.7 Å². The third kappa shape index (κ3) is 5.99. The highest BCUT2D eigenvalue weighted by Crippen LogP contribution is 2.03. The molecule has 0 aliphatic heterocycles. The fraction of sp³-hybridized carbons (Fsp3) is 1.00. The van der Waals surface area contributed by atoms with Crippen LogP contribution in [0.3, 0.4) is 0 Å². The van der Waals surface area contributed by atoms with Gasteiger partial charge in [0.2, 0.25) is 0 Å². The molecule has 0 aromatic rings. The summed E-state index contributed by atoms with van der Waals surface area (Å²) in [6, 6.07) is 0. The number of aliphatic hydroxyl groups is 2. The number of ether oxygens (including phenoxy) is 2. The van der Waals surface area contributed by atoms with Crippen molar-refractivity contribution in [1.82, 2.24) is 0 Å². The van der Waals surface area contributed by atoms with Gasteiger partial charge in [0, 0.05) is 7.11 Å². The molecule has 0 aliphatic carbocycles. The van der Waals surface area contributed by atoms with Gasteiger partial charge in [0.05, 0.1) is 25.4 Å². The zero-order valence-electron chi connectivity index (χ0n) is 8.56. The molecule has 0 spiro atoms. The Bertz CT molecular complexity index is 118. The number of hydrogen-bond donors (Lipinski definition) is 2. The molecule has 80 valence electrons. The van der Waals surface area contributed by atoms with Crippen molar-refractivity contribution in [2.45, 2.75) is 38.6 Å². The summed E-state index contributed by atoms with van der Waals surface area (Å²) in [5.74, 6) is 0. The quantitative estimate of drug-likeness (QED) is 0.603. The Morgan fingerprint density at radius 2 is 1.85 bits per heavy atom. The van der Waals surface area contributed by atoms with Gasteiger partial charge in [-0.2, -0.15) is 0 Å². The predicted octanol–water partition coefficient (Wildman–Crippen LogP) is 0.170. The Labute approximate surface area is 79.5 Å². The minimum Gasteiger partial charge on any atom is -0.390 e. The topological polar surface area (TPSA) is 58.9 Å². The molecule has 4 heteroatoms. The highest BCUT2D eigenvalue weighted by molar-refractivity contribution is 4.62. The Morgan fingerprint density at radius 1 is 1.23 bits per heavy atom. The Hall–Kier alpha value is -0.160. The lowest BCUT2D eigenvalue weighted by Gasteiger charge is -2.19. The van der Waals surface area contributed by atoms with Gasteiger partial charge in [-0.05, 0) is 13.3 Å². The van der Waals surface area contributed by atoms with E-state index in [1.807, 2.05) is 6.92 Å². The number of rotatable bonds is 7. The standard InChI is InChI=1S/C9H20O4/c1-4-9(11)7(2)13-6-8(10)5-12-3/h7-11H,4-6H2,1-3H3. The molecule has 0 amide bonds. The van der Waals surface area contributed by atoms with Gasteiger partial charge in [0.1, 0.15) is 6.10 Å². The molecule has 0 rings (SSSR count). The summed E-state index contributed by atoms with van der Waals surface area (Å²) in [5, 5.41) is 18.6. The van der Waals surface area contributed by atoms with Crippen molar-refractivity contribution in [3.8, 4) is 0 Å². The lowest BCUT2D eigenvalue weighted by atomic mass is 10.2. The zero-order chi connectivity index (χ0) is 10.3. The maximum absolute atomic E-state index is 9.33. The normalized spacial score (nSPS) is 18.2. The monoisotopic (exact) mass is 192 g/mol. The SMILES string of the molecule is CCC(O)C(C)OCC(O)COC. The fourth-order valence-corrected chi connectivity index (χ4v) is 0.946. The minimum absolute atomic E-state index is 0.200. The number of aliphatic hydroxyl groups excluding tert-OH is 2. The smallest absolute Gasteiger partial charge is 0.101 e. The summed E-state index contributed by atoms with van der Waals surface area (Å²) >= 11 is 0. The first-order valence-corrected chi connectivity index (χ1v) is 4.58. The molecule has 0 aromatic carbocycles. The summed E-state index contributed by atoms with van der Waals surface area (Å²) < 4.78 is 9.96. The first-order valence-electron chi connectivity index (χ1n) is 4.58. The average Bonchev–Trinajstić information content (AvgIpc) is 2.13. The van der Waals surface area contributed by atoms with Crippen LogP contribution in [0.5, 0.6) is 0 Å². The zero-order valence-corrected chi connectivity index (χ0v) is 8.56. The molecule has 0 bridgehead atoms. The van der Waals surface area contributed by atoms with Crippen molar-refractivity contribution in [2.75, 3.05) is 20.3 Å². The minimum atomic E-state index is -0.614. The van der Waals surface area contributed by atoms with Gasteiger partial charge in [-0.25, -0.2) is 0 Å². The van der Waals surface area contributed by atoms with E-state index in [0.717, 1.165) is 0 Å². The third-order valence-corrected chi connectivity index (χ3v) is 1.87. The predicted molar refractivity (Wildman–Crippen MR) is 49.6 cm³/mol. The molecule has 0 aliphatic rings. The van der Waals surface area contributed by atoms with E-state index < -0.39 is 12.2 Å². The van der Waals surface area contributed by atoms with E-state index >= 15 is 0 Å². The second-order valence-corrected chi connectivity index (χ2v) is 3.12. The first kappa shape index (κ1) is 12.8. The Kier molecular flexibility index (Phi) is 7.17. The van der Waals surface area contributed by atoms with Crippen LogP contribution in [0.25, 0.3) is 0 Å². The van der Waals surface area contributed by atoms with Crippen LogP contribution in [0.1, 0.15) is 20.3 Å². The third-order valence-electron chi connectivity index (χ3n) is 1.87. The molecule has 13 heavy (non-hydrogen) atoms. The molecule has 3 atom stereocenters. The molecular formula is C9H20O4. The summed E-state index contributed by atoms with van der Waals surface area (Å²) in [5.41, 5.74) is 0. The van der Waals surface area contributed by atoms with Crippen molar-refractivity contribution in [2.24, 2.45) is 0 Å². The van der Waals surface area contributed by atoms with Crippen LogP contribution in [0.2, 0.25) is 0 Å². The van der Waals surface area contributed by atoms with Crippen molar-refractivity contribution >= 4 is 0 Å². The van der Waals surface area contributed by atoms with Crippen LogP contribution < -0.4 is 0 Å². The average molecular weight is 192 g/mol. The lowest BCUT2D eigenvalue weighted by Crippen LogP contribution is -2.30. The van der Waals surface area contributed by atoms with Gasteiger partial charge in [-0.3, -0.25) is 0 Å². The van der Waals surface area contributed by atoms with Crippen LogP contribution in [-0.2, 0) is 9.47 Å². The highest BCUT2D eigenvalue weighted by atomic mass is 16.5. The van der Waals surface area contributed by atoms with Crippen LogP contribution in [0.4, 0.5) is 0 Å². The maximum atomic E-state index is 9.33. The summed E-state index contributed by atoms with van der Waals surface area (Å²) in [6.45, 7) is 4.13. The van der Waals surface area contributed by atoms with Crippen molar-refractivity contribution in [1.29, 1.82) is 0 Å². The molecule has 4 nitrogen and oxygen atoms in total. The van der Waals surface area contributed by atoms with E-state index in [2.05, 4.69) is 0 Å². The summed E-state index contributed by atoms with van der Waals surface area (Å²) in [7, 11) is 1.52. The summed E-state index contributed by atoms with van der Waals surface area (Å²) in [4.78, 5) is 0. The first-order chi connectivity index (χ1) is 6.11. The molecule has 0 saturated heterocycles. The van der Waals surface area contributed by atoms with E-state index in [1.54, 1.807) is 6.92 Å². The van der Waals surface area contributed by atoms with Crippen LogP contribution in [0, 0.1) is 0 Å². The molecule has 3 unspecified atom stereocenters. The van der Waals surface area contributed by atoms with E-state index in [-0.39, 0.29) is 19.3 Å². The van der Waals surface area contributed by atoms with Gasteiger partial charge in [0.25, 0.3) is 0 Å². The number of methoxy groups -OCH3 is 1. The second kappa shape index (κ2) is 7.26. The Morgan fingerprint density at radius 3 is 2.31 bits per heavy atom. The van der Waals surface area contributed by atoms with Gasteiger partial charge in [-0.1, -0.05) is 6.92 Å². The van der Waals surface area contributed by atoms with Gasteiger partial charge in [-0.15, -0.1) is 0 Å². The van der Waals surface area contributed by atoms with Crippen LogP contribution in [-0.4, -0.2) is 48.8 Å². The Balaban J connectivity index is 3.50. The summed E-state index contributed by atoms with van der Waals surface area (Å²) in [6.07, 6.45) is -0.663. The van der Waals surface area contributed by atoms with E-state index in [1.165, 1.54) is 7.11 Å². The van der Waals surface area contributed by atoms with Crippen molar-refractivity contribution in [3.63, 3.8) is 0 Å². The highest BCUT2D eigenvalue weighted by Gasteiger charge is 2.14. The van der Waals surface area contributed by atoms with Crippen molar-refractivity contribution in [3.05, 3.63) is 0 Å². The van der Waals surface area contributed by atoms with Gasteiger partial charge >= 0.3 is 0 Å². The van der Waals surface area contributed by atoms with Crippen LogP contribution >= 0.6 is 0 Å². The molecule has 2 N–H and O–H groups in total. The van der Waals surface area contributed by atoms with Crippen LogP contribution in [0.15, 0.2) is 0 Å². The van der Waals surface area contributed by atoms with Gasteiger partial charge in [0.15, 0.2) is 0 Å². The molecule has 0 radical (unpaired) electrons. The molecule has 0 aromatic heterocycles. The van der Waals surface area contributed by atoms with E-state index in [9.17, 15) is 10.2 Å². The fourth-order valence-electron chi connectivity index (χ4n) is 0.946. The molecule has 0 heterocycles. The molecule has 0 fully saturated rings.